The monoisotopic (exact) mass is 565 g/mol. The third kappa shape index (κ3) is 7.44. The average Bonchev–Trinajstić information content (AvgIpc) is 3.33. The standard InChI is InChI=1S/C25H32BrN3O5S/c1-18(25(31)27-21-8-4-5-9-21)28(16-19-7-6-10-23(15-19)34-2)24(30)17-29(35(3,32)33)22-13-11-20(26)12-14-22/h6-7,10-15,18,21H,4-5,8-9,16-17H2,1-3H3,(H,27,31)/t18-/m0/s1. The van der Waals surface area contributed by atoms with Gasteiger partial charge in [0.05, 0.1) is 19.1 Å². The molecule has 0 saturated heterocycles. The van der Waals surface area contributed by atoms with Crippen LogP contribution < -0.4 is 14.4 Å². The third-order valence-electron chi connectivity index (χ3n) is 6.15. The Balaban J connectivity index is 1.88. The van der Waals surface area contributed by atoms with Gasteiger partial charge >= 0.3 is 0 Å². The first-order valence-corrected chi connectivity index (χ1v) is 14.2. The van der Waals surface area contributed by atoms with Crippen LogP contribution in [0.15, 0.2) is 53.0 Å². The van der Waals surface area contributed by atoms with Gasteiger partial charge in [-0.05, 0) is 61.7 Å². The van der Waals surface area contributed by atoms with Crippen LogP contribution in [0.3, 0.4) is 0 Å². The Morgan fingerprint density at radius 2 is 1.80 bits per heavy atom. The molecular weight excluding hydrogens is 534 g/mol. The van der Waals surface area contributed by atoms with Crippen molar-refractivity contribution >= 4 is 43.5 Å². The van der Waals surface area contributed by atoms with Gasteiger partial charge in [0.25, 0.3) is 0 Å². The zero-order chi connectivity index (χ0) is 25.6. The highest BCUT2D eigenvalue weighted by molar-refractivity contribution is 9.10. The van der Waals surface area contributed by atoms with E-state index < -0.39 is 28.5 Å². The quantitative estimate of drug-likeness (QED) is 0.473. The van der Waals surface area contributed by atoms with Gasteiger partial charge in [0.2, 0.25) is 21.8 Å². The summed E-state index contributed by atoms with van der Waals surface area (Å²) in [5, 5.41) is 3.05. The normalized spacial score (nSPS) is 14.9. The summed E-state index contributed by atoms with van der Waals surface area (Å²) < 4.78 is 32.3. The lowest BCUT2D eigenvalue weighted by atomic mass is 10.1. The minimum Gasteiger partial charge on any atom is -0.497 e. The van der Waals surface area contributed by atoms with Crippen molar-refractivity contribution in [3.05, 3.63) is 58.6 Å². The minimum atomic E-state index is -3.76. The van der Waals surface area contributed by atoms with Crippen molar-refractivity contribution in [1.82, 2.24) is 10.2 Å². The Hall–Kier alpha value is -2.59. The lowest BCUT2D eigenvalue weighted by Gasteiger charge is -2.32. The van der Waals surface area contributed by atoms with Crippen molar-refractivity contribution in [2.45, 2.75) is 51.2 Å². The molecule has 1 atom stereocenters. The number of nitrogens with zero attached hydrogens (tertiary/aromatic N) is 2. The molecule has 8 nitrogen and oxygen atoms in total. The number of rotatable bonds is 10. The predicted octanol–water partition coefficient (Wildman–Crippen LogP) is 3.70. The Morgan fingerprint density at radius 3 is 2.40 bits per heavy atom. The molecule has 1 fully saturated rings. The van der Waals surface area contributed by atoms with E-state index in [1.54, 1.807) is 50.4 Å². The molecule has 1 saturated carbocycles. The van der Waals surface area contributed by atoms with Crippen LogP contribution in [0, 0.1) is 0 Å². The number of ether oxygens (including phenoxy) is 1. The molecule has 0 bridgehead atoms. The lowest BCUT2D eigenvalue weighted by Crippen LogP contribution is -2.52. The third-order valence-corrected chi connectivity index (χ3v) is 7.82. The number of hydrogen-bond donors (Lipinski definition) is 1. The van der Waals surface area contributed by atoms with Crippen LogP contribution in [-0.4, -0.2) is 57.1 Å². The van der Waals surface area contributed by atoms with Crippen molar-refractivity contribution in [2.24, 2.45) is 0 Å². The van der Waals surface area contributed by atoms with Crippen LogP contribution >= 0.6 is 15.9 Å². The highest BCUT2D eigenvalue weighted by Gasteiger charge is 2.31. The summed E-state index contributed by atoms with van der Waals surface area (Å²) in [6.07, 6.45) is 5.05. The summed E-state index contributed by atoms with van der Waals surface area (Å²) in [5.74, 6) is -0.0940. The molecule has 190 valence electrons. The number of nitrogens with one attached hydrogen (secondary N) is 1. The van der Waals surface area contributed by atoms with E-state index in [9.17, 15) is 18.0 Å². The van der Waals surface area contributed by atoms with Gasteiger partial charge in [-0.15, -0.1) is 0 Å². The molecule has 0 spiro atoms. The maximum Gasteiger partial charge on any atom is 0.244 e. The highest BCUT2D eigenvalue weighted by atomic mass is 79.9. The average molecular weight is 567 g/mol. The SMILES string of the molecule is COc1cccc(CN(C(=O)CN(c2ccc(Br)cc2)S(C)(=O)=O)[C@@H](C)C(=O)NC2CCCC2)c1. The number of halogens is 1. The van der Waals surface area contributed by atoms with Crippen molar-refractivity contribution in [3.8, 4) is 5.75 Å². The van der Waals surface area contributed by atoms with E-state index in [-0.39, 0.29) is 18.5 Å². The minimum absolute atomic E-state index is 0.106. The zero-order valence-corrected chi connectivity index (χ0v) is 22.6. The molecule has 1 aliphatic rings. The largest absolute Gasteiger partial charge is 0.497 e. The van der Waals surface area contributed by atoms with Crippen LogP contribution in [0.2, 0.25) is 0 Å². The highest BCUT2D eigenvalue weighted by Crippen LogP contribution is 2.23. The van der Waals surface area contributed by atoms with Crippen LogP contribution in [0.1, 0.15) is 38.2 Å². The molecule has 2 aromatic rings. The fourth-order valence-electron chi connectivity index (χ4n) is 4.16. The van der Waals surface area contributed by atoms with Crippen molar-refractivity contribution < 1.29 is 22.7 Å². The summed E-state index contributed by atoms with van der Waals surface area (Å²) in [6, 6.07) is 13.2. The number of carbonyl (C=O) groups excluding carboxylic acids is 2. The molecule has 0 unspecified atom stereocenters. The van der Waals surface area contributed by atoms with Gasteiger partial charge in [-0.2, -0.15) is 0 Å². The molecular formula is C25H32BrN3O5S. The van der Waals surface area contributed by atoms with E-state index in [1.807, 2.05) is 12.1 Å². The number of sulfonamides is 1. The summed E-state index contributed by atoms with van der Waals surface area (Å²) in [7, 11) is -2.20. The Kier molecular flexibility index (Phi) is 9.18. The van der Waals surface area contributed by atoms with E-state index in [0.29, 0.717) is 11.4 Å². The molecule has 2 amide bonds. The fraction of sp³-hybridized carbons (Fsp3) is 0.440. The smallest absolute Gasteiger partial charge is 0.244 e. The van der Waals surface area contributed by atoms with Crippen molar-refractivity contribution in [1.29, 1.82) is 0 Å². The van der Waals surface area contributed by atoms with Crippen LogP contribution in [0.25, 0.3) is 0 Å². The van der Waals surface area contributed by atoms with Gasteiger partial charge in [-0.3, -0.25) is 13.9 Å². The molecule has 2 aromatic carbocycles. The molecule has 35 heavy (non-hydrogen) atoms. The molecule has 1 N–H and O–H groups in total. The second-order valence-electron chi connectivity index (χ2n) is 8.79. The molecule has 3 rings (SSSR count). The first-order valence-electron chi connectivity index (χ1n) is 11.5. The van der Waals surface area contributed by atoms with Crippen molar-refractivity contribution in [2.75, 3.05) is 24.2 Å². The molecule has 10 heteroatoms. The van der Waals surface area contributed by atoms with Gasteiger partial charge in [-0.25, -0.2) is 8.42 Å². The van der Waals surface area contributed by atoms with Crippen molar-refractivity contribution in [3.63, 3.8) is 0 Å². The number of anilines is 1. The van der Waals surface area contributed by atoms with E-state index >= 15 is 0 Å². The number of benzene rings is 2. The number of hydrogen-bond acceptors (Lipinski definition) is 5. The number of methoxy groups -OCH3 is 1. The van der Waals surface area contributed by atoms with E-state index in [2.05, 4.69) is 21.2 Å². The zero-order valence-electron chi connectivity index (χ0n) is 20.2. The van der Waals surface area contributed by atoms with Gasteiger partial charge < -0.3 is 15.0 Å². The summed E-state index contributed by atoms with van der Waals surface area (Å²) in [4.78, 5) is 28.1. The molecule has 0 aromatic heterocycles. The van der Waals surface area contributed by atoms with E-state index in [4.69, 9.17) is 4.74 Å². The maximum absolute atomic E-state index is 13.6. The summed E-state index contributed by atoms with van der Waals surface area (Å²) in [5.41, 5.74) is 1.14. The number of carbonyl (C=O) groups is 2. The Morgan fingerprint density at radius 1 is 1.14 bits per heavy atom. The van der Waals surface area contributed by atoms with Gasteiger partial charge in [0.1, 0.15) is 18.3 Å². The Labute approximate surface area is 215 Å². The second kappa shape index (κ2) is 11.9. The molecule has 0 radical (unpaired) electrons. The first kappa shape index (κ1) is 27.0. The predicted molar refractivity (Wildman–Crippen MR) is 140 cm³/mol. The number of amides is 2. The van der Waals surface area contributed by atoms with Crippen LogP contribution in [-0.2, 0) is 26.2 Å². The second-order valence-corrected chi connectivity index (χ2v) is 11.6. The maximum atomic E-state index is 13.6. The Bertz CT molecular complexity index is 1130. The first-order chi connectivity index (χ1) is 16.6. The van der Waals surface area contributed by atoms with Gasteiger partial charge in [0.15, 0.2) is 0 Å². The molecule has 0 aliphatic heterocycles. The van der Waals surface area contributed by atoms with Gasteiger partial charge in [0, 0.05) is 17.1 Å². The van der Waals surface area contributed by atoms with Crippen LogP contribution in [0.5, 0.6) is 5.75 Å². The summed E-state index contributed by atoms with van der Waals surface area (Å²) >= 11 is 3.34. The van der Waals surface area contributed by atoms with Gasteiger partial charge in [-0.1, -0.05) is 40.9 Å². The fourth-order valence-corrected chi connectivity index (χ4v) is 5.28. The molecule has 0 heterocycles. The van der Waals surface area contributed by atoms with Crippen LogP contribution in [0.4, 0.5) is 5.69 Å². The molecule has 1 aliphatic carbocycles. The van der Waals surface area contributed by atoms with E-state index in [0.717, 1.165) is 46.3 Å². The van der Waals surface area contributed by atoms with E-state index in [1.165, 1.54) is 4.90 Å². The topological polar surface area (TPSA) is 96.0 Å². The lowest BCUT2D eigenvalue weighted by molar-refractivity contribution is -0.139. The summed E-state index contributed by atoms with van der Waals surface area (Å²) in [6.45, 7) is 1.38.